The summed E-state index contributed by atoms with van der Waals surface area (Å²) in [7, 11) is 4.00. The van der Waals surface area contributed by atoms with Gasteiger partial charge < -0.3 is 10.2 Å². The van der Waals surface area contributed by atoms with Crippen LogP contribution in [-0.4, -0.2) is 30.7 Å². The third kappa shape index (κ3) is 8.59. The lowest BCUT2D eigenvalue weighted by Crippen LogP contribution is -2.14. The highest BCUT2D eigenvalue weighted by Gasteiger charge is 2.45. The van der Waals surface area contributed by atoms with E-state index in [1.807, 2.05) is 101 Å². The van der Waals surface area contributed by atoms with Crippen LogP contribution < -0.4 is 10.2 Å². The predicted molar refractivity (Wildman–Crippen MR) is 160 cm³/mol. The molecule has 1 aliphatic rings. The van der Waals surface area contributed by atoms with Crippen molar-refractivity contribution in [3.05, 3.63) is 78.0 Å². The van der Waals surface area contributed by atoms with Crippen LogP contribution in [0.3, 0.4) is 0 Å². The van der Waals surface area contributed by atoms with E-state index >= 15 is 0 Å². The maximum atomic E-state index is 12.5. The molecule has 1 amide bonds. The van der Waals surface area contributed by atoms with Crippen LogP contribution in [-0.2, 0) is 16.0 Å². The van der Waals surface area contributed by atoms with Crippen molar-refractivity contribution in [1.82, 2.24) is 4.98 Å². The lowest BCUT2D eigenvalue weighted by molar-refractivity contribution is -0.115. The van der Waals surface area contributed by atoms with E-state index in [0.29, 0.717) is 6.42 Å². The number of hydrogen-bond donors (Lipinski definition) is 1. The van der Waals surface area contributed by atoms with E-state index < -0.39 is 0 Å². The van der Waals surface area contributed by atoms with Gasteiger partial charge in [-0.1, -0.05) is 58.9 Å². The van der Waals surface area contributed by atoms with Gasteiger partial charge in [0.25, 0.3) is 0 Å². The molecule has 6 heteroatoms. The summed E-state index contributed by atoms with van der Waals surface area (Å²) in [5.74, 6) is 2.03. The summed E-state index contributed by atoms with van der Waals surface area (Å²) in [5, 5.41) is 3.03. The lowest BCUT2D eigenvalue weighted by Gasteiger charge is -2.17. The first kappa shape index (κ1) is 29.8. The normalized spacial score (nSPS) is 12.9. The third-order valence-electron chi connectivity index (χ3n) is 5.49. The second-order valence-electron chi connectivity index (χ2n) is 8.22. The van der Waals surface area contributed by atoms with Gasteiger partial charge in [-0.15, -0.1) is 23.5 Å². The average molecular weight is 524 g/mol. The molecule has 4 rings (SSSR count). The van der Waals surface area contributed by atoms with E-state index in [9.17, 15) is 4.79 Å². The van der Waals surface area contributed by atoms with Gasteiger partial charge in [0.05, 0.1) is 6.42 Å². The Hall–Kier alpha value is -2.44. The van der Waals surface area contributed by atoms with E-state index in [4.69, 9.17) is 0 Å². The van der Waals surface area contributed by atoms with Crippen molar-refractivity contribution in [1.29, 1.82) is 0 Å². The number of benzene rings is 2. The third-order valence-corrected chi connectivity index (χ3v) is 7.90. The highest BCUT2D eigenvalue weighted by Crippen LogP contribution is 2.59. The first-order chi connectivity index (χ1) is 17.5. The van der Waals surface area contributed by atoms with Crippen LogP contribution in [0, 0.1) is 0 Å². The Morgan fingerprint density at radius 1 is 0.917 bits per heavy atom. The molecule has 1 heterocycles. The van der Waals surface area contributed by atoms with Gasteiger partial charge in [-0.2, -0.15) is 0 Å². The average Bonchev–Trinajstić information content (AvgIpc) is 3.69. The highest BCUT2D eigenvalue weighted by molar-refractivity contribution is 8.00. The molecule has 4 nitrogen and oxygen atoms in total. The minimum atomic E-state index is 0.0104. The summed E-state index contributed by atoms with van der Waals surface area (Å²) in [5.41, 5.74) is 3.18. The first-order valence-corrected chi connectivity index (χ1v) is 14.7. The minimum Gasteiger partial charge on any atom is -0.363 e. The first-order valence-electron chi connectivity index (χ1n) is 12.9. The number of nitrogens with zero attached hydrogens (tertiary/aromatic N) is 2. The highest BCUT2D eigenvalue weighted by atomic mass is 32.2. The monoisotopic (exact) mass is 523 g/mol. The smallest absolute Gasteiger partial charge is 0.228 e. The fraction of sp³-hybridized carbons (Fsp3) is 0.400. The van der Waals surface area contributed by atoms with Crippen LogP contribution in [0.2, 0.25) is 0 Å². The number of anilines is 2. The number of nitrogens with one attached hydrogen (secondary N) is 1. The molecule has 0 spiro atoms. The SMILES string of the molecule is CC.CC.CCSc1ccc(CC(=O)Nc2ccc(C3(Sc4ccc(N(C)C)nc4)CC3)cc2)cc1. The number of aromatic nitrogens is 1. The van der Waals surface area contributed by atoms with Crippen LogP contribution >= 0.6 is 23.5 Å². The molecule has 1 saturated carbocycles. The Balaban J connectivity index is 0.00000109. The van der Waals surface area contributed by atoms with E-state index in [2.05, 4.69) is 53.6 Å². The van der Waals surface area contributed by atoms with Gasteiger partial charge in [0, 0.05) is 40.5 Å². The molecule has 0 unspecified atom stereocenters. The maximum absolute atomic E-state index is 12.5. The number of hydrogen-bond acceptors (Lipinski definition) is 5. The summed E-state index contributed by atoms with van der Waals surface area (Å²) in [6, 6.07) is 20.8. The second-order valence-corrected chi connectivity index (χ2v) is 11.0. The van der Waals surface area contributed by atoms with Gasteiger partial charge in [0.1, 0.15) is 5.82 Å². The van der Waals surface area contributed by atoms with Crippen LogP contribution in [0.1, 0.15) is 58.6 Å². The number of pyridine rings is 1. The second kappa shape index (κ2) is 15.0. The van der Waals surface area contributed by atoms with E-state index in [1.54, 1.807) is 0 Å². The van der Waals surface area contributed by atoms with Crippen molar-refractivity contribution >= 4 is 40.9 Å². The molecular weight excluding hydrogens is 482 g/mol. The Morgan fingerprint density at radius 3 is 2.03 bits per heavy atom. The molecule has 36 heavy (non-hydrogen) atoms. The van der Waals surface area contributed by atoms with Crippen molar-refractivity contribution in [2.45, 2.75) is 68.4 Å². The number of carbonyl (C=O) groups excluding carboxylic acids is 1. The zero-order valence-corrected chi connectivity index (χ0v) is 24.4. The van der Waals surface area contributed by atoms with Crippen molar-refractivity contribution in [2.75, 3.05) is 30.1 Å². The number of amides is 1. The zero-order valence-electron chi connectivity index (χ0n) is 22.8. The van der Waals surface area contributed by atoms with Crippen molar-refractivity contribution in [2.24, 2.45) is 0 Å². The summed E-state index contributed by atoms with van der Waals surface area (Å²) in [4.78, 5) is 21.4. The molecule has 3 aromatic rings. The van der Waals surface area contributed by atoms with Crippen LogP contribution in [0.15, 0.2) is 76.7 Å². The number of rotatable bonds is 9. The Morgan fingerprint density at radius 2 is 1.53 bits per heavy atom. The quantitative estimate of drug-likeness (QED) is 0.286. The molecule has 1 fully saturated rings. The molecule has 0 atom stereocenters. The van der Waals surface area contributed by atoms with E-state index in [0.717, 1.165) is 35.7 Å². The maximum Gasteiger partial charge on any atom is 0.228 e. The zero-order chi connectivity index (χ0) is 26.6. The van der Waals surface area contributed by atoms with Gasteiger partial charge in [0.15, 0.2) is 0 Å². The van der Waals surface area contributed by atoms with Gasteiger partial charge in [-0.05, 0) is 66.1 Å². The summed E-state index contributed by atoms with van der Waals surface area (Å²) >= 11 is 3.69. The van der Waals surface area contributed by atoms with Gasteiger partial charge in [-0.3, -0.25) is 4.79 Å². The fourth-order valence-electron chi connectivity index (χ4n) is 3.60. The molecule has 1 aliphatic carbocycles. The topological polar surface area (TPSA) is 45.2 Å². The summed E-state index contributed by atoms with van der Waals surface area (Å²) in [6.45, 7) is 10.1. The number of thioether (sulfide) groups is 2. The Labute approximate surface area is 226 Å². The summed E-state index contributed by atoms with van der Waals surface area (Å²) < 4.78 is 0.127. The van der Waals surface area contributed by atoms with Gasteiger partial charge >= 0.3 is 0 Å². The van der Waals surface area contributed by atoms with Crippen LogP contribution in [0.4, 0.5) is 11.5 Å². The molecule has 0 bridgehead atoms. The predicted octanol–water partition coefficient (Wildman–Crippen LogP) is 8.27. The van der Waals surface area contributed by atoms with Crippen molar-refractivity contribution < 1.29 is 4.79 Å². The molecule has 0 saturated heterocycles. The molecule has 1 aromatic heterocycles. The standard InChI is InChI=1S/C26H29N3OS2.2C2H6/c1-4-31-22-11-5-19(6-12-22)17-25(30)28-21-9-7-20(8-10-21)26(15-16-26)32-23-13-14-24(27-18-23)29(2)3;2*1-2/h5-14,18H,4,15-17H2,1-3H3,(H,28,30);2*1-2H3. The molecular formula is C30H41N3OS2. The minimum absolute atomic E-state index is 0.0104. The molecule has 194 valence electrons. The van der Waals surface area contributed by atoms with Crippen LogP contribution in [0.5, 0.6) is 0 Å². The Bertz CT molecular complexity index is 1050. The molecule has 1 N–H and O–H groups in total. The molecule has 0 radical (unpaired) electrons. The van der Waals surface area contributed by atoms with Crippen LogP contribution in [0.25, 0.3) is 0 Å². The van der Waals surface area contributed by atoms with E-state index in [-0.39, 0.29) is 10.7 Å². The Kier molecular flexibility index (Phi) is 12.4. The van der Waals surface area contributed by atoms with Gasteiger partial charge in [-0.25, -0.2) is 4.98 Å². The molecule has 2 aromatic carbocycles. The number of carbonyl (C=O) groups is 1. The molecule has 0 aliphatic heterocycles. The van der Waals surface area contributed by atoms with E-state index in [1.165, 1.54) is 15.4 Å². The summed E-state index contributed by atoms with van der Waals surface area (Å²) in [6.07, 6.45) is 4.66. The van der Waals surface area contributed by atoms with Crippen molar-refractivity contribution in [3.8, 4) is 0 Å². The fourth-order valence-corrected chi connectivity index (χ4v) is 5.52. The largest absolute Gasteiger partial charge is 0.363 e. The lowest BCUT2D eigenvalue weighted by atomic mass is 10.1. The van der Waals surface area contributed by atoms with Crippen molar-refractivity contribution in [3.63, 3.8) is 0 Å². The van der Waals surface area contributed by atoms with Gasteiger partial charge in [0.2, 0.25) is 5.91 Å².